The first kappa shape index (κ1) is 17.6. The summed E-state index contributed by atoms with van der Waals surface area (Å²) in [4.78, 5) is 16.5. The smallest absolute Gasteiger partial charge is 0.261 e. The number of aromatic nitrogens is 3. The summed E-state index contributed by atoms with van der Waals surface area (Å²) in [7, 11) is 1.85. The van der Waals surface area contributed by atoms with Gasteiger partial charge in [0.05, 0.1) is 11.4 Å². The van der Waals surface area contributed by atoms with Gasteiger partial charge in [-0.15, -0.1) is 0 Å². The van der Waals surface area contributed by atoms with Crippen molar-refractivity contribution in [3.8, 4) is 17.1 Å². The average Bonchev–Trinajstić information content (AvgIpc) is 3.08. The normalized spacial score (nSPS) is 11.8. The number of halogens is 1. The second-order valence-corrected chi connectivity index (χ2v) is 5.80. The molecule has 6 nitrogen and oxygen atoms in total. The Hall–Kier alpha value is -3.22. The standard InChI is InChI=1S/C19H19FN4O2/c1-13(26-18-6-4-3-5-15(18)20)19(25)22-12-14-7-8-16(21-11-14)17-9-10-23-24(17)2/h3-11,13H,12H2,1-2H3,(H,22,25)/t13-/m1/s1. The molecule has 3 rings (SSSR count). The van der Waals surface area contributed by atoms with E-state index in [1.54, 1.807) is 36.1 Å². The maximum absolute atomic E-state index is 13.6. The third-order valence-corrected chi connectivity index (χ3v) is 3.88. The third kappa shape index (κ3) is 4.05. The Morgan fingerprint density at radius 1 is 1.27 bits per heavy atom. The summed E-state index contributed by atoms with van der Waals surface area (Å²) in [5.41, 5.74) is 2.56. The fourth-order valence-corrected chi connectivity index (χ4v) is 2.42. The minimum absolute atomic E-state index is 0.0531. The van der Waals surface area contributed by atoms with Gasteiger partial charge in [0.1, 0.15) is 0 Å². The zero-order valence-corrected chi connectivity index (χ0v) is 14.5. The number of ether oxygens (including phenoxy) is 1. The number of rotatable bonds is 6. The van der Waals surface area contributed by atoms with E-state index in [1.165, 1.54) is 12.1 Å². The zero-order valence-electron chi connectivity index (χ0n) is 14.5. The van der Waals surface area contributed by atoms with Crippen LogP contribution in [0.3, 0.4) is 0 Å². The summed E-state index contributed by atoms with van der Waals surface area (Å²) < 4.78 is 20.7. The lowest BCUT2D eigenvalue weighted by Crippen LogP contribution is -2.36. The van der Waals surface area contributed by atoms with E-state index < -0.39 is 11.9 Å². The number of para-hydroxylation sites is 1. The van der Waals surface area contributed by atoms with E-state index in [1.807, 2.05) is 25.2 Å². The maximum Gasteiger partial charge on any atom is 0.261 e. The van der Waals surface area contributed by atoms with Gasteiger partial charge in [-0.2, -0.15) is 5.10 Å². The van der Waals surface area contributed by atoms with Crippen LogP contribution in [-0.2, 0) is 18.4 Å². The van der Waals surface area contributed by atoms with Gasteiger partial charge in [0.15, 0.2) is 17.7 Å². The second-order valence-electron chi connectivity index (χ2n) is 5.80. The highest BCUT2D eigenvalue weighted by Crippen LogP contribution is 2.17. The lowest BCUT2D eigenvalue weighted by atomic mass is 10.2. The van der Waals surface area contributed by atoms with Gasteiger partial charge in [-0.3, -0.25) is 14.5 Å². The van der Waals surface area contributed by atoms with Gasteiger partial charge >= 0.3 is 0 Å². The quantitative estimate of drug-likeness (QED) is 0.739. The highest BCUT2D eigenvalue weighted by Gasteiger charge is 2.16. The Labute approximate surface area is 150 Å². The molecule has 134 valence electrons. The summed E-state index contributed by atoms with van der Waals surface area (Å²) in [5.74, 6) is -0.775. The van der Waals surface area contributed by atoms with Crippen molar-refractivity contribution in [2.24, 2.45) is 7.05 Å². The molecule has 26 heavy (non-hydrogen) atoms. The van der Waals surface area contributed by atoms with Crippen LogP contribution in [0, 0.1) is 5.82 Å². The van der Waals surface area contributed by atoms with Gasteiger partial charge in [0, 0.05) is 26.0 Å². The molecule has 7 heteroatoms. The SMILES string of the molecule is C[C@@H](Oc1ccccc1F)C(=O)NCc1ccc(-c2ccnn2C)nc1. The minimum atomic E-state index is -0.812. The number of carbonyl (C=O) groups is 1. The summed E-state index contributed by atoms with van der Waals surface area (Å²) >= 11 is 0. The summed E-state index contributed by atoms with van der Waals surface area (Å²) in [6, 6.07) is 11.6. The topological polar surface area (TPSA) is 69.0 Å². The molecule has 0 saturated carbocycles. The van der Waals surface area contributed by atoms with E-state index in [0.29, 0.717) is 6.54 Å². The molecular formula is C19H19FN4O2. The van der Waals surface area contributed by atoms with Gasteiger partial charge in [0.2, 0.25) is 0 Å². The summed E-state index contributed by atoms with van der Waals surface area (Å²) in [6.45, 7) is 1.88. The van der Waals surface area contributed by atoms with Crippen molar-refractivity contribution in [2.75, 3.05) is 0 Å². The van der Waals surface area contributed by atoms with Crippen LogP contribution in [0.15, 0.2) is 54.9 Å². The number of nitrogens with one attached hydrogen (secondary N) is 1. The van der Waals surface area contributed by atoms with Crippen molar-refractivity contribution in [2.45, 2.75) is 19.6 Å². The molecule has 0 radical (unpaired) electrons. The van der Waals surface area contributed by atoms with Gasteiger partial charge in [0.25, 0.3) is 5.91 Å². The summed E-state index contributed by atoms with van der Waals surface area (Å²) in [5, 5.41) is 6.87. The Kier molecular flexibility index (Phi) is 5.26. The molecule has 2 aromatic heterocycles. The van der Waals surface area contributed by atoms with E-state index in [-0.39, 0.29) is 11.7 Å². The molecule has 0 spiro atoms. The van der Waals surface area contributed by atoms with Crippen LogP contribution in [0.2, 0.25) is 0 Å². The molecule has 1 amide bonds. The summed E-state index contributed by atoms with van der Waals surface area (Å²) in [6.07, 6.45) is 2.60. The van der Waals surface area contributed by atoms with E-state index in [4.69, 9.17) is 4.74 Å². The van der Waals surface area contributed by atoms with Crippen LogP contribution in [0.5, 0.6) is 5.75 Å². The predicted molar refractivity (Wildman–Crippen MR) is 94.8 cm³/mol. The van der Waals surface area contributed by atoms with Gasteiger partial charge in [-0.25, -0.2) is 4.39 Å². The predicted octanol–water partition coefficient (Wildman–Crippen LogP) is 2.70. The lowest BCUT2D eigenvalue weighted by Gasteiger charge is -2.15. The number of pyridine rings is 1. The van der Waals surface area contributed by atoms with Gasteiger partial charge in [-0.05, 0) is 36.8 Å². The molecule has 1 atom stereocenters. The Bertz CT molecular complexity index is 893. The average molecular weight is 354 g/mol. The van der Waals surface area contributed by atoms with E-state index in [0.717, 1.165) is 17.0 Å². The maximum atomic E-state index is 13.6. The molecule has 0 aliphatic carbocycles. The number of nitrogens with zero attached hydrogens (tertiary/aromatic N) is 3. The van der Waals surface area contributed by atoms with Gasteiger partial charge < -0.3 is 10.1 Å². The molecule has 0 saturated heterocycles. The van der Waals surface area contributed by atoms with E-state index in [9.17, 15) is 9.18 Å². The van der Waals surface area contributed by atoms with Crippen LogP contribution in [-0.4, -0.2) is 26.8 Å². The molecule has 0 fully saturated rings. The first-order valence-electron chi connectivity index (χ1n) is 8.17. The highest BCUT2D eigenvalue weighted by molar-refractivity contribution is 5.80. The molecule has 3 aromatic rings. The Balaban J connectivity index is 1.56. The van der Waals surface area contributed by atoms with E-state index in [2.05, 4.69) is 15.4 Å². The molecule has 0 aliphatic rings. The molecule has 1 N–H and O–H groups in total. The molecule has 2 heterocycles. The van der Waals surface area contributed by atoms with Crippen LogP contribution in [0.4, 0.5) is 4.39 Å². The largest absolute Gasteiger partial charge is 0.478 e. The van der Waals surface area contributed by atoms with Gasteiger partial charge in [-0.1, -0.05) is 18.2 Å². The third-order valence-electron chi connectivity index (χ3n) is 3.88. The molecule has 0 aliphatic heterocycles. The zero-order chi connectivity index (χ0) is 18.5. The molecule has 1 aromatic carbocycles. The van der Waals surface area contributed by atoms with Crippen LogP contribution >= 0.6 is 0 Å². The van der Waals surface area contributed by atoms with Crippen molar-refractivity contribution >= 4 is 5.91 Å². The Morgan fingerprint density at radius 2 is 2.08 bits per heavy atom. The highest BCUT2D eigenvalue weighted by atomic mass is 19.1. The fourth-order valence-electron chi connectivity index (χ4n) is 2.42. The number of hydrogen-bond acceptors (Lipinski definition) is 4. The van der Waals surface area contributed by atoms with Crippen LogP contribution < -0.4 is 10.1 Å². The molecule has 0 bridgehead atoms. The fraction of sp³-hybridized carbons (Fsp3) is 0.211. The van der Waals surface area contributed by atoms with Crippen molar-refractivity contribution in [3.63, 3.8) is 0 Å². The van der Waals surface area contributed by atoms with Crippen molar-refractivity contribution in [1.82, 2.24) is 20.1 Å². The van der Waals surface area contributed by atoms with Crippen molar-refractivity contribution < 1.29 is 13.9 Å². The van der Waals surface area contributed by atoms with Crippen LogP contribution in [0.1, 0.15) is 12.5 Å². The number of amides is 1. The number of carbonyl (C=O) groups excluding carboxylic acids is 1. The monoisotopic (exact) mass is 354 g/mol. The number of benzene rings is 1. The van der Waals surface area contributed by atoms with E-state index >= 15 is 0 Å². The van der Waals surface area contributed by atoms with Crippen LogP contribution in [0.25, 0.3) is 11.4 Å². The van der Waals surface area contributed by atoms with Crippen molar-refractivity contribution in [1.29, 1.82) is 0 Å². The molecule has 0 unspecified atom stereocenters. The lowest BCUT2D eigenvalue weighted by molar-refractivity contribution is -0.127. The Morgan fingerprint density at radius 3 is 2.73 bits per heavy atom. The second kappa shape index (κ2) is 7.77. The van der Waals surface area contributed by atoms with Crippen molar-refractivity contribution in [3.05, 3.63) is 66.2 Å². The minimum Gasteiger partial charge on any atom is -0.478 e. The number of hydrogen-bond donors (Lipinski definition) is 1. The first-order chi connectivity index (χ1) is 12.5. The molecular weight excluding hydrogens is 335 g/mol. The first-order valence-corrected chi connectivity index (χ1v) is 8.17. The number of aryl methyl sites for hydroxylation is 1.